The molecule has 29 heavy (non-hydrogen) atoms. The Morgan fingerprint density at radius 1 is 0.586 bits per heavy atom. The summed E-state index contributed by atoms with van der Waals surface area (Å²) >= 11 is 0. The van der Waals surface area contributed by atoms with E-state index in [1.54, 1.807) is 0 Å². The van der Waals surface area contributed by atoms with Crippen molar-refractivity contribution in [3.63, 3.8) is 0 Å². The molecule has 2 rings (SSSR count). The number of halogens is 8. The van der Waals surface area contributed by atoms with Gasteiger partial charge in [-0.25, -0.2) is 17.6 Å². The van der Waals surface area contributed by atoms with Gasteiger partial charge in [0.05, 0.1) is 0 Å². The summed E-state index contributed by atoms with van der Waals surface area (Å²) in [5, 5.41) is 0. The minimum Gasteiger partial charge on any atom is -0.420 e. The van der Waals surface area contributed by atoms with Crippen LogP contribution in [0, 0.1) is 46.5 Å². The van der Waals surface area contributed by atoms with E-state index < -0.39 is 89.2 Å². The van der Waals surface area contributed by atoms with Crippen LogP contribution in [-0.2, 0) is 9.59 Å². The van der Waals surface area contributed by atoms with Gasteiger partial charge in [0.1, 0.15) is 0 Å². The summed E-state index contributed by atoms with van der Waals surface area (Å²) in [5.41, 5.74) is 0. The molecular formula is C17H8F8O4. The second kappa shape index (κ2) is 8.88. The molecule has 0 saturated carbocycles. The second-order valence-corrected chi connectivity index (χ2v) is 5.40. The normalized spacial score (nSPS) is 10.8. The Morgan fingerprint density at radius 2 is 0.862 bits per heavy atom. The van der Waals surface area contributed by atoms with E-state index in [2.05, 4.69) is 9.47 Å². The molecule has 0 aliphatic heterocycles. The van der Waals surface area contributed by atoms with Gasteiger partial charge in [-0.3, -0.25) is 9.59 Å². The molecule has 0 saturated heterocycles. The molecule has 0 atom stereocenters. The van der Waals surface area contributed by atoms with Crippen LogP contribution >= 0.6 is 0 Å². The van der Waals surface area contributed by atoms with E-state index in [1.165, 1.54) is 0 Å². The van der Waals surface area contributed by atoms with Gasteiger partial charge in [-0.1, -0.05) is 0 Å². The van der Waals surface area contributed by atoms with Crippen molar-refractivity contribution in [1.29, 1.82) is 0 Å². The molecule has 0 heterocycles. The summed E-state index contributed by atoms with van der Waals surface area (Å²) in [4.78, 5) is 23.0. The van der Waals surface area contributed by atoms with Gasteiger partial charge in [-0.15, -0.1) is 0 Å². The van der Waals surface area contributed by atoms with E-state index in [1.807, 2.05) is 0 Å². The lowest BCUT2D eigenvalue weighted by atomic mass is 10.2. The highest BCUT2D eigenvalue weighted by Crippen LogP contribution is 2.28. The maximum atomic E-state index is 13.4. The molecule has 0 bridgehead atoms. The third-order valence-electron chi connectivity index (χ3n) is 3.34. The second-order valence-electron chi connectivity index (χ2n) is 5.40. The van der Waals surface area contributed by atoms with Crippen LogP contribution in [0.3, 0.4) is 0 Å². The van der Waals surface area contributed by atoms with Crippen LogP contribution < -0.4 is 9.47 Å². The highest BCUT2D eigenvalue weighted by Gasteiger charge is 2.24. The molecule has 0 aromatic heterocycles. The molecule has 0 fully saturated rings. The topological polar surface area (TPSA) is 52.6 Å². The van der Waals surface area contributed by atoms with Gasteiger partial charge in [0.15, 0.2) is 23.3 Å². The fourth-order valence-electron chi connectivity index (χ4n) is 1.99. The molecule has 156 valence electrons. The van der Waals surface area contributed by atoms with Gasteiger partial charge >= 0.3 is 11.9 Å². The molecule has 2 aromatic carbocycles. The van der Waals surface area contributed by atoms with Crippen molar-refractivity contribution in [2.24, 2.45) is 0 Å². The molecular weight excluding hydrogens is 420 g/mol. The maximum Gasteiger partial charge on any atom is 0.311 e. The van der Waals surface area contributed by atoms with Crippen molar-refractivity contribution in [3.8, 4) is 11.5 Å². The number of rotatable bonds is 6. The Kier molecular flexibility index (Phi) is 6.77. The Morgan fingerprint density at radius 3 is 1.14 bits per heavy atom. The minimum absolute atomic E-state index is 0.106. The van der Waals surface area contributed by atoms with Gasteiger partial charge in [0, 0.05) is 25.0 Å². The maximum absolute atomic E-state index is 13.4. The molecule has 0 aliphatic rings. The zero-order valence-electron chi connectivity index (χ0n) is 13.9. The van der Waals surface area contributed by atoms with Gasteiger partial charge in [-0.2, -0.15) is 17.6 Å². The first-order valence-corrected chi connectivity index (χ1v) is 7.60. The molecule has 0 N–H and O–H groups in total. The van der Waals surface area contributed by atoms with E-state index in [0.29, 0.717) is 0 Å². The van der Waals surface area contributed by atoms with Crippen LogP contribution in [0.15, 0.2) is 12.1 Å². The lowest BCUT2D eigenvalue weighted by Crippen LogP contribution is -2.15. The molecule has 0 spiro atoms. The van der Waals surface area contributed by atoms with Crippen molar-refractivity contribution < 1.29 is 54.2 Å². The van der Waals surface area contributed by atoms with E-state index >= 15 is 0 Å². The lowest BCUT2D eigenvalue weighted by Gasteiger charge is -2.09. The number of carbonyl (C=O) groups is 2. The number of ether oxygens (including phenoxy) is 2. The quantitative estimate of drug-likeness (QED) is 0.295. The average molecular weight is 428 g/mol. The summed E-state index contributed by atoms with van der Waals surface area (Å²) in [5.74, 6) is -21.2. The Balaban J connectivity index is 1.94. The SMILES string of the molecule is O=C(CCCC(=O)Oc1c(F)c(F)cc(F)c1F)Oc1c(F)c(F)cc(F)c1F. The van der Waals surface area contributed by atoms with E-state index in [-0.39, 0.29) is 12.1 Å². The summed E-state index contributed by atoms with van der Waals surface area (Å²) in [6.07, 6.45) is -1.96. The Bertz CT molecular complexity index is 847. The van der Waals surface area contributed by atoms with Crippen LogP contribution in [0.5, 0.6) is 11.5 Å². The van der Waals surface area contributed by atoms with Crippen molar-refractivity contribution >= 4 is 11.9 Å². The van der Waals surface area contributed by atoms with Gasteiger partial charge in [-0.05, 0) is 6.42 Å². The van der Waals surface area contributed by atoms with E-state index in [9.17, 15) is 44.7 Å². The third-order valence-corrected chi connectivity index (χ3v) is 3.34. The standard InChI is InChI=1S/C17H8F8O4/c18-6-4-7(19)13(23)16(12(6)22)28-10(26)2-1-3-11(27)29-17-14(24)8(20)5-9(21)15(17)25/h4-5H,1-3H2. The van der Waals surface area contributed by atoms with E-state index in [0.717, 1.165) is 0 Å². The van der Waals surface area contributed by atoms with Crippen molar-refractivity contribution in [1.82, 2.24) is 0 Å². The van der Waals surface area contributed by atoms with Crippen molar-refractivity contribution in [3.05, 3.63) is 58.7 Å². The molecule has 12 heteroatoms. The number of hydrogen-bond acceptors (Lipinski definition) is 4. The van der Waals surface area contributed by atoms with Gasteiger partial charge < -0.3 is 9.47 Å². The third kappa shape index (κ3) is 5.00. The summed E-state index contributed by atoms with van der Waals surface area (Å²) in [7, 11) is 0. The lowest BCUT2D eigenvalue weighted by molar-refractivity contribution is -0.136. The van der Waals surface area contributed by atoms with Crippen LogP contribution in [0.25, 0.3) is 0 Å². The predicted molar refractivity (Wildman–Crippen MR) is 77.7 cm³/mol. The zero-order chi connectivity index (χ0) is 21.9. The van der Waals surface area contributed by atoms with Gasteiger partial charge in [0.2, 0.25) is 34.8 Å². The monoisotopic (exact) mass is 428 g/mol. The Hall–Kier alpha value is -3.18. The van der Waals surface area contributed by atoms with Crippen molar-refractivity contribution in [2.75, 3.05) is 0 Å². The summed E-state index contributed by atoms with van der Waals surface area (Å²) in [6.45, 7) is 0. The smallest absolute Gasteiger partial charge is 0.311 e. The number of benzene rings is 2. The molecule has 0 unspecified atom stereocenters. The number of hydrogen-bond donors (Lipinski definition) is 0. The molecule has 4 nitrogen and oxygen atoms in total. The summed E-state index contributed by atoms with van der Waals surface area (Å²) in [6, 6.07) is -0.211. The van der Waals surface area contributed by atoms with Crippen LogP contribution in [0.2, 0.25) is 0 Å². The van der Waals surface area contributed by atoms with E-state index in [4.69, 9.17) is 0 Å². The molecule has 0 aliphatic carbocycles. The number of carbonyl (C=O) groups excluding carboxylic acids is 2. The first-order chi connectivity index (χ1) is 13.5. The summed E-state index contributed by atoms with van der Waals surface area (Å²) < 4.78 is 114. The first kappa shape index (κ1) is 22.1. The average Bonchev–Trinajstić information content (AvgIpc) is 2.65. The van der Waals surface area contributed by atoms with Crippen molar-refractivity contribution in [2.45, 2.75) is 19.3 Å². The largest absolute Gasteiger partial charge is 0.420 e. The van der Waals surface area contributed by atoms with Crippen LogP contribution in [-0.4, -0.2) is 11.9 Å². The van der Waals surface area contributed by atoms with Crippen LogP contribution in [0.4, 0.5) is 35.1 Å². The Labute approximate surface area is 156 Å². The molecule has 2 aromatic rings. The first-order valence-electron chi connectivity index (χ1n) is 7.60. The highest BCUT2D eigenvalue weighted by molar-refractivity contribution is 5.75. The fraction of sp³-hybridized carbons (Fsp3) is 0.176. The minimum atomic E-state index is -1.96. The number of esters is 2. The highest BCUT2D eigenvalue weighted by atomic mass is 19.2. The van der Waals surface area contributed by atoms with Crippen LogP contribution in [0.1, 0.15) is 19.3 Å². The zero-order valence-corrected chi connectivity index (χ0v) is 13.9. The molecule has 0 radical (unpaired) electrons. The molecule has 0 amide bonds. The predicted octanol–water partition coefficient (Wildman–Crippen LogP) is 4.48. The fourth-order valence-corrected chi connectivity index (χ4v) is 1.99. The van der Waals surface area contributed by atoms with Gasteiger partial charge in [0.25, 0.3) is 0 Å².